The first-order valence-corrected chi connectivity index (χ1v) is 5.02. The molecule has 1 amide bonds. The molecule has 0 unspecified atom stereocenters. The quantitative estimate of drug-likeness (QED) is 0.660. The number of nitrogens with zero attached hydrogens (tertiary/aromatic N) is 1. The van der Waals surface area contributed by atoms with Crippen LogP contribution in [0.25, 0.3) is 0 Å². The topological polar surface area (TPSA) is 49.8 Å². The van der Waals surface area contributed by atoms with Crippen molar-refractivity contribution < 1.29 is 14.6 Å². The molecule has 1 N–H and O–H groups in total. The van der Waals surface area contributed by atoms with Crippen LogP contribution in [0, 0.1) is 0 Å². The number of aliphatic hydroxyl groups is 1. The Balaban J connectivity index is 3.98. The number of carbonyl (C=O) groups is 1. The summed E-state index contributed by atoms with van der Waals surface area (Å²) in [4.78, 5) is 13.4. The Morgan fingerprint density at radius 2 is 2.14 bits per heavy atom. The summed E-state index contributed by atoms with van der Waals surface area (Å²) < 4.78 is 4.85. The standard InChI is InChI=1S/C10H21NO3/c1-9(2)11(6-4-7-12)10(13)5-8-14-3/h9,12H,4-8H2,1-3H3. The van der Waals surface area contributed by atoms with Gasteiger partial charge in [-0.05, 0) is 20.3 Å². The molecule has 0 aliphatic rings. The predicted octanol–water partition coefficient (Wildman–Crippen LogP) is 0.642. The van der Waals surface area contributed by atoms with Gasteiger partial charge in [0.15, 0.2) is 0 Å². The van der Waals surface area contributed by atoms with Gasteiger partial charge in [-0.3, -0.25) is 4.79 Å². The molecule has 0 fully saturated rings. The molecule has 4 heteroatoms. The van der Waals surface area contributed by atoms with Crippen LogP contribution in [0.1, 0.15) is 26.7 Å². The molecule has 0 aromatic heterocycles. The number of methoxy groups -OCH3 is 1. The van der Waals surface area contributed by atoms with E-state index in [-0.39, 0.29) is 18.6 Å². The summed E-state index contributed by atoms with van der Waals surface area (Å²) in [5.41, 5.74) is 0. The lowest BCUT2D eigenvalue weighted by atomic mass is 10.2. The number of amides is 1. The van der Waals surface area contributed by atoms with E-state index in [9.17, 15) is 4.79 Å². The van der Waals surface area contributed by atoms with Crippen LogP contribution in [0.3, 0.4) is 0 Å². The van der Waals surface area contributed by atoms with Crippen LogP contribution in [0.15, 0.2) is 0 Å². The van der Waals surface area contributed by atoms with Gasteiger partial charge >= 0.3 is 0 Å². The number of hydrogen-bond donors (Lipinski definition) is 1. The Labute approximate surface area is 85.9 Å². The van der Waals surface area contributed by atoms with E-state index in [0.717, 1.165) is 0 Å². The molecule has 0 aromatic carbocycles. The molecule has 0 saturated heterocycles. The summed E-state index contributed by atoms with van der Waals surface area (Å²) in [6.45, 7) is 5.16. The highest BCUT2D eigenvalue weighted by Gasteiger charge is 2.15. The van der Waals surface area contributed by atoms with Crippen molar-refractivity contribution in [2.24, 2.45) is 0 Å². The van der Waals surface area contributed by atoms with Crippen molar-refractivity contribution in [1.29, 1.82) is 0 Å². The molecule has 14 heavy (non-hydrogen) atoms. The summed E-state index contributed by atoms with van der Waals surface area (Å²) in [7, 11) is 1.58. The van der Waals surface area contributed by atoms with Gasteiger partial charge in [0.25, 0.3) is 0 Å². The van der Waals surface area contributed by atoms with E-state index >= 15 is 0 Å². The third-order valence-electron chi connectivity index (χ3n) is 2.02. The summed E-state index contributed by atoms with van der Waals surface area (Å²) in [6, 6.07) is 0.186. The molecule has 4 nitrogen and oxygen atoms in total. The highest BCUT2D eigenvalue weighted by Crippen LogP contribution is 2.03. The monoisotopic (exact) mass is 203 g/mol. The van der Waals surface area contributed by atoms with Crippen LogP contribution in [0.4, 0.5) is 0 Å². The summed E-state index contributed by atoms with van der Waals surface area (Å²) >= 11 is 0. The first-order chi connectivity index (χ1) is 6.63. The summed E-state index contributed by atoms with van der Waals surface area (Å²) in [6.07, 6.45) is 1.05. The average molecular weight is 203 g/mol. The molecule has 84 valence electrons. The highest BCUT2D eigenvalue weighted by atomic mass is 16.5. The van der Waals surface area contributed by atoms with Crippen molar-refractivity contribution in [1.82, 2.24) is 4.90 Å². The van der Waals surface area contributed by atoms with Crippen LogP contribution in [0.2, 0.25) is 0 Å². The lowest BCUT2D eigenvalue weighted by Gasteiger charge is -2.26. The van der Waals surface area contributed by atoms with Crippen LogP contribution in [-0.2, 0) is 9.53 Å². The first kappa shape index (κ1) is 13.4. The Kier molecular flexibility index (Phi) is 7.42. The normalized spacial score (nSPS) is 10.6. The highest BCUT2D eigenvalue weighted by molar-refractivity contribution is 5.76. The van der Waals surface area contributed by atoms with E-state index in [2.05, 4.69) is 0 Å². The van der Waals surface area contributed by atoms with Crippen LogP contribution < -0.4 is 0 Å². The predicted molar refractivity (Wildman–Crippen MR) is 55.0 cm³/mol. The first-order valence-electron chi connectivity index (χ1n) is 5.02. The molecule has 0 aromatic rings. The third kappa shape index (κ3) is 5.19. The van der Waals surface area contributed by atoms with Crippen molar-refractivity contribution in [3.05, 3.63) is 0 Å². The second kappa shape index (κ2) is 7.76. The fourth-order valence-electron chi connectivity index (χ4n) is 1.24. The van der Waals surface area contributed by atoms with E-state index in [1.165, 1.54) is 0 Å². The maximum Gasteiger partial charge on any atom is 0.225 e. The largest absolute Gasteiger partial charge is 0.396 e. The van der Waals surface area contributed by atoms with Gasteiger partial charge in [0.1, 0.15) is 0 Å². The van der Waals surface area contributed by atoms with Gasteiger partial charge in [0.05, 0.1) is 13.0 Å². The maximum atomic E-state index is 11.6. The number of aliphatic hydroxyl groups excluding tert-OH is 1. The van der Waals surface area contributed by atoms with E-state index in [0.29, 0.717) is 26.0 Å². The molecular formula is C10H21NO3. The van der Waals surface area contributed by atoms with E-state index < -0.39 is 0 Å². The Hall–Kier alpha value is -0.610. The average Bonchev–Trinajstić information content (AvgIpc) is 2.14. The number of ether oxygens (including phenoxy) is 1. The second-order valence-corrected chi connectivity index (χ2v) is 3.50. The van der Waals surface area contributed by atoms with Crippen molar-refractivity contribution >= 4 is 5.91 Å². The smallest absolute Gasteiger partial charge is 0.225 e. The second-order valence-electron chi connectivity index (χ2n) is 3.50. The molecule has 0 aliphatic carbocycles. The van der Waals surface area contributed by atoms with Gasteiger partial charge < -0.3 is 14.7 Å². The zero-order chi connectivity index (χ0) is 11.0. The number of hydrogen-bond acceptors (Lipinski definition) is 3. The molecule has 0 spiro atoms. The fraction of sp³-hybridized carbons (Fsp3) is 0.900. The van der Waals surface area contributed by atoms with Gasteiger partial charge in [-0.25, -0.2) is 0 Å². The van der Waals surface area contributed by atoms with Crippen LogP contribution in [0.5, 0.6) is 0 Å². The molecular weight excluding hydrogens is 182 g/mol. The van der Waals surface area contributed by atoms with E-state index in [1.807, 2.05) is 13.8 Å². The minimum atomic E-state index is 0.0929. The molecule has 0 heterocycles. The summed E-state index contributed by atoms with van der Waals surface area (Å²) in [5, 5.41) is 8.69. The number of carbonyl (C=O) groups excluding carboxylic acids is 1. The SMILES string of the molecule is COCCC(=O)N(CCCO)C(C)C. The molecule has 0 rings (SSSR count). The van der Waals surface area contributed by atoms with Gasteiger partial charge in [0, 0.05) is 26.3 Å². The summed E-state index contributed by atoms with van der Waals surface area (Å²) in [5.74, 6) is 0.0929. The van der Waals surface area contributed by atoms with Crippen molar-refractivity contribution in [2.45, 2.75) is 32.7 Å². The minimum absolute atomic E-state index is 0.0929. The van der Waals surface area contributed by atoms with E-state index in [1.54, 1.807) is 12.0 Å². The van der Waals surface area contributed by atoms with Gasteiger partial charge in [-0.15, -0.1) is 0 Å². The molecule has 0 atom stereocenters. The van der Waals surface area contributed by atoms with Crippen molar-refractivity contribution in [3.8, 4) is 0 Å². The Morgan fingerprint density at radius 3 is 2.57 bits per heavy atom. The lowest BCUT2D eigenvalue weighted by Crippen LogP contribution is -2.38. The van der Waals surface area contributed by atoms with Crippen molar-refractivity contribution in [3.63, 3.8) is 0 Å². The lowest BCUT2D eigenvalue weighted by molar-refractivity contribution is -0.134. The van der Waals surface area contributed by atoms with Crippen molar-refractivity contribution in [2.75, 3.05) is 26.9 Å². The van der Waals surface area contributed by atoms with E-state index in [4.69, 9.17) is 9.84 Å². The fourth-order valence-corrected chi connectivity index (χ4v) is 1.24. The molecule has 0 saturated carbocycles. The zero-order valence-electron chi connectivity index (χ0n) is 9.32. The van der Waals surface area contributed by atoms with Gasteiger partial charge in [-0.1, -0.05) is 0 Å². The minimum Gasteiger partial charge on any atom is -0.396 e. The maximum absolute atomic E-state index is 11.6. The molecule has 0 bridgehead atoms. The van der Waals surface area contributed by atoms with Gasteiger partial charge in [-0.2, -0.15) is 0 Å². The Bertz CT molecular complexity index is 159. The molecule has 0 radical (unpaired) electrons. The Morgan fingerprint density at radius 1 is 1.50 bits per heavy atom. The zero-order valence-corrected chi connectivity index (χ0v) is 9.32. The molecule has 0 aliphatic heterocycles. The third-order valence-corrected chi connectivity index (χ3v) is 2.02. The van der Waals surface area contributed by atoms with Gasteiger partial charge in [0.2, 0.25) is 5.91 Å². The number of rotatable bonds is 7. The van der Waals surface area contributed by atoms with Crippen LogP contribution >= 0.6 is 0 Å². The van der Waals surface area contributed by atoms with Crippen LogP contribution in [-0.4, -0.2) is 48.8 Å².